The fourth-order valence-electron chi connectivity index (χ4n) is 2.94. The zero-order chi connectivity index (χ0) is 18.7. The summed E-state index contributed by atoms with van der Waals surface area (Å²) in [5, 5.41) is 0.757. The molecule has 0 saturated heterocycles. The molecule has 136 valence electrons. The molecule has 0 bridgehead atoms. The number of ether oxygens (including phenoxy) is 3. The molecule has 26 heavy (non-hydrogen) atoms. The zero-order valence-electron chi connectivity index (χ0n) is 15.9. The number of rotatable bonds is 6. The molecule has 0 aromatic heterocycles. The molecule has 0 fully saturated rings. The Balaban J connectivity index is 0.00000338. The summed E-state index contributed by atoms with van der Waals surface area (Å²) in [4.78, 5) is 13.1. The molecular weight excluding hydrogens is 342 g/mol. The molecule has 0 radical (unpaired) electrons. The van der Waals surface area contributed by atoms with Crippen LogP contribution in [-0.4, -0.2) is 45.7 Å². The van der Waals surface area contributed by atoms with Crippen LogP contribution in [-0.2, 0) is 0 Å². The fourth-order valence-corrected chi connectivity index (χ4v) is 4.27. The van der Waals surface area contributed by atoms with Gasteiger partial charge in [0.25, 0.3) is 0 Å². The summed E-state index contributed by atoms with van der Waals surface area (Å²) in [5.74, 6) is 1.83. The normalized spacial score (nSPS) is 10.6. The van der Waals surface area contributed by atoms with Gasteiger partial charge in [-0.05, 0) is 58.5 Å². The number of carbonyl (C=O) groups is 1. The van der Waals surface area contributed by atoms with E-state index in [0.717, 1.165) is 27.6 Å². The molecular formula is C20H26LiO4P. The first kappa shape index (κ1) is 22.6. The summed E-state index contributed by atoms with van der Waals surface area (Å²) < 4.78 is 16.2. The summed E-state index contributed by atoms with van der Waals surface area (Å²) in [5.41, 5.74) is 5.29. The van der Waals surface area contributed by atoms with Crippen LogP contribution in [0.3, 0.4) is 0 Å². The van der Waals surface area contributed by atoms with Crippen molar-refractivity contribution in [2.75, 3.05) is 21.3 Å². The van der Waals surface area contributed by atoms with Crippen molar-refractivity contribution in [2.24, 2.45) is 0 Å². The van der Waals surface area contributed by atoms with Gasteiger partial charge in [-0.3, -0.25) is 4.79 Å². The van der Waals surface area contributed by atoms with Crippen molar-refractivity contribution in [3.8, 4) is 17.2 Å². The van der Waals surface area contributed by atoms with E-state index in [1.807, 2.05) is 13.8 Å². The summed E-state index contributed by atoms with van der Waals surface area (Å²) in [6, 6.07) is 5.62. The van der Waals surface area contributed by atoms with Crippen molar-refractivity contribution in [2.45, 2.75) is 27.7 Å². The molecule has 6 heteroatoms. The zero-order valence-corrected chi connectivity index (χ0v) is 16.9. The molecule has 0 spiro atoms. The van der Waals surface area contributed by atoms with Gasteiger partial charge in [0.15, 0.2) is 5.52 Å². The van der Waals surface area contributed by atoms with Crippen LogP contribution in [0.5, 0.6) is 17.2 Å². The van der Waals surface area contributed by atoms with Crippen LogP contribution in [0.25, 0.3) is 0 Å². The Morgan fingerprint density at radius 2 is 1.35 bits per heavy atom. The molecule has 0 heterocycles. The molecule has 0 amide bonds. The molecule has 2 aromatic carbocycles. The molecule has 0 aliphatic rings. The minimum absolute atomic E-state index is 0. The van der Waals surface area contributed by atoms with Crippen LogP contribution in [0.15, 0.2) is 18.2 Å². The van der Waals surface area contributed by atoms with Crippen molar-refractivity contribution in [3.05, 3.63) is 46.0 Å². The van der Waals surface area contributed by atoms with Crippen LogP contribution in [0.2, 0.25) is 0 Å². The van der Waals surface area contributed by atoms with E-state index in [1.54, 1.807) is 33.5 Å². The number of hydrogen-bond acceptors (Lipinski definition) is 4. The van der Waals surface area contributed by atoms with Gasteiger partial charge in [-0.1, -0.05) is 6.07 Å². The summed E-state index contributed by atoms with van der Waals surface area (Å²) >= 11 is 0. The van der Waals surface area contributed by atoms with Gasteiger partial charge in [0.05, 0.1) is 26.6 Å². The SMILES string of the molecule is COc1cc(OC)c(PC(=O)c2c(C)cc(C)c(C)c2C)c(OC)c1.[LiH]. The van der Waals surface area contributed by atoms with Crippen LogP contribution >= 0.6 is 8.58 Å². The van der Waals surface area contributed by atoms with E-state index < -0.39 is 0 Å². The molecule has 0 N–H and O–H groups in total. The van der Waals surface area contributed by atoms with Crippen molar-refractivity contribution >= 4 is 38.3 Å². The maximum atomic E-state index is 13.1. The van der Waals surface area contributed by atoms with Crippen molar-refractivity contribution in [3.63, 3.8) is 0 Å². The standard InChI is InChI=1S/C20H25O4P.Li.H/c1-11-8-12(2)18(14(4)13(11)3)20(21)25-19-16(23-6)9-15(22-5)10-17(19)24-7;;/h8-10,25H,1-7H3;;. The van der Waals surface area contributed by atoms with E-state index in [4.69, 9.17) is 14.2 Å². The molecule has 4 nitrogen and oxygen atoms in total. The Hall–Kier alpha value is -1.46. The number of methoxy groups -OCH3 is 3. The van der Waals surface area contributed by atoms with Crippen LogP contribution < -0.4 is 19.5 Å². The molecule has 2 aromatic rings. The Morgan fingerprint density at radius 3 is 1.81 bits per heavy atom. The van der Waals surface area contributed by atoms with Crippen molar-refractivity contribution < 1.29 is 19.0 Å². The van der Waals surface area contributed by atoms with Crippen LogP contribution in [0.4, 0.5) is 0 Å². The predicted molar refractivity (Wildman–Crippen MR) is 111 cm³/mol. The van der Waals surface area contributed by atoms with Gasteiger partial charge in [-0.2, -0.15) is 0 Å². The second-order valence-electron chi connectivity index (χ2n) is 6.00. The predicted octanol–water partition coefficient (Wildman–Crippen LogP) is 3.44. The van der Waals surface area contributed by atoms with Crippen molar-refractivity contribution in [1.82, 2.24) is 0 Å². The third-order valence-corrected chi connectivity index (χ3v) is 5.76. The van der Waals surface area contributed by atoms with E-state index >= 15 is 0 Å². The van der Waals surface area contributed by atoms with E-state index in [-0.39, 0.29) is 33.0 Å². The Kier molecular flexibility index (Phi) is 8.22. The molecule has 0 saturated carbocycles. The maximum absolute atomic E-state index is 13.1. The number of carbonyl (C=O) groups excluding carboxylic acids is 1. The summed E-state index contributed by atoms with van der Waals surface area (Å²) in [7, 11) is 4.66. The van der Waals surface area contributed by atoms with Gasteiger partial charge < -0.3 is 14.2 Å². The van der Waals surface area contributed by atoms with Gasteiger partial charge in [0.2, 0.25) is 0 Å². The Labute approximate surface area is 169 Å². The molecule has 0 aliphatic carbocycles. The van der Waals surface area contributed by atoms with Gasteiger partial charge in [0.1, 0.15) is 17.2 Å². The minimum atomic E-state index is -0.0938. The summed E-state index contributed by atoms with van der Waals surface area (Å²) in [6.45, 7) is 8.12. The van der Waals surface area contributed by atoms with E-state index in [1.165, 1.54) is 5.56 Å². The average Bonchev–Trinajstić information content (AvgIpc) is 2.59. The van der Waals surface area contributed by atoms with Gasteiger partial charge in [-0.25, -0.2) is 0 Å². The number of benzene rings is 2. The Bertz CT molecular complexity index is 793. The topological polar surface area (TPSA) is 44.8 Å². The first-order valence-electron chi connectivity index (χ1n) is 8.02. The van der Waals surface area contributed by atoms with Gasteiger partial charge >= 0.3 is 18.9 Å². The van der Waals surface area contributed by atoms with Gasteiger partial charge in [-0.15, -0.1) is 0 Å². The molecule has 0 aliphatic heterocycles. The van der Waals surface area contributed by atoms with Gasteiger partial charge in [0, 0.05) is 17.7 Å². The van der Waals surface area contributed by atoms with Crippen molar-refractivity contribution in [1.29, 1.82) is 0 Å². The third kappa shape index (κ3) is 4.44. The molecule has 1 unspecified atom stereocenters. The number of aryl methyl sites for hydroxylation is 2. The monoisotopic (exact) mass is 368 g/mol. The second-order valence-corrected chi connectivity index (χ2v) is 7.20. The quantitative estimate of drug-likeness (QED) is 0.579. The fraction of sp³-hybridized carbons (Fsp3) is 0.350. The molecule has 1 atom stereocenters. The first-order chi connectivity index (χ1) is 11.8. The second kappa shape index (κ2) is 9.47. The Morgan fingerprint density at radius 1 is 0.808 bits per heavy atom. The van der Waals surface area contributed by atoms with Crippen LogP contribution in [0, 0.1) is 27.7 Å². The van der Waals surface area contributed by atoms with Crippen LogP contribution in [0.1, 0.15) is 32.6 Å². The van der Waals surface area contributed by atoms with E-state index in [2.05, 4.69) is 19.9 Å². The van der Waals surface area contributed by atoms with E-state index in [0.29, 0.717) is 17.2 Å². The summed E-state index contributed by atoms with van der Waals surface area (Å²) in [6.07, 6.45) is 0. The van der Waals surface area contributed by atoms with E-state index in [9.17, 15) is 4.79 Å². The third-order valence-electron chi connectivity index (χ3n) is 4.54. The first-order valence-corrected chi connectivity index (χ1v) is 9.02. The average molecular weight is 368 g/mol. The number of hydrogen-bond donors (Lipinski definition) is 0. The molecule has 2 rings (SSSR count).